The molecule has 0 saturated heterocycles. The Hall–Kier alpha value is -3.07. The summed E-state index contributed by atoms with van der Waals surface area (Å²) in [6.45, 7) is 0. The number of nitrogens with zero attached hydrogens (tertiary/aromatic N) is 2. The third kappa shape index (κ3) is 3.49. The van der Waals surface area contributed by atoms with Crippen molar-refractivity contribution >= 4 is 11.5 Å². The monoisotopic (exact) mass is 396 g/mol. The Labute approximate surface area is 179 Å². The second kappa shape index (κ2) is 8.35. The zero-order chi connectivity index (χ0) is 20.3. The van der Waals surface area contributed by atoms with Crippen molar-refractivity contribution in [3.8, 4) is 5.75 Å². The molecule has 3 aromatic rings. The zero-order valence-electron chi connectivity index (χ0n) is 17.5. The summed E-state index contributed by atoms with van der Waals surface area (Å²) in [4.78, 5) is 7.83. The van der Waals surface area contributed by atoms with Crippen LogP contribution in [0.25, 0.3) is 0 Å². The summed E-state index contributed by atoms with van der Waals surface area (Å²) in [5.41, 5.74) is 4.76. The molecule has 1 aliphatic carbocycles. The Morgan fingerprint density at radius 1 is 0.833 bits per heavy atom. The number of benzene rings is 3. The van der Waals surface area contributed by atoms with Crippen molar-refractivity contribution in [2.75, 3.05) is 7.11 Å². The number of aliphatic imine (C=N–C) groups is 1. The Bertz CT molecular complexity index is 1020. The summed E-state index contributed by atoms with van der Waals surface area (Å²) in [5.74, 6) is 1.93. The van der Waals surface area contributed by atoms with Gasteiger partial charge in [0.1, 0.15) is 11.6 Å². The summed E-state index contributed by atoms with van der Waals surface area (Å²) in [7, 11) is 1.72. The van der Waals surface area contributed by atoms with E-state index in [4.69, 9.17) is 9.73 Å². The minimum atomic E-state index is 0.155. The molecule has 0 amide bonds. The van der Waals surface area contributed by atoms with Crippen molar-refractivity contribution in [1.82, 2.24) is 4.90 Å². The number of rotatable bonds is 4. The van der Waals surface area contributed by atoms with Crippen LogP contribution in [-0.4, -0.2) is 23.9 Å². The van der Waals surface area contributed by atoms with Crippen LogP contribution >= 0.6 is 0 Å². The third-order valence-electron chi connectivity index (χ3n) is 6.40. The van der Waals surface area contributed by atoms with Crippen LogP contribution in [0.4, 0.5) is 5.69 Å². The first-order valence-electron chi connectivity index (χ1n) is 11.0. The van der Waals surface area contributed by atoms with E-state index in [9.17, 15) is 0 Å². The van der Waals surface area contributed by atoms with Gasteiger partial charge in [-0.15, -0.1) is 0 Å². The predicted molar refractivity (Wildman–Crippen MR) is 123 cm³/mol. The van der Waals surface area contributed by atoms with E-state index in [1.807, 2.05) is 0 Å². The fourth-order valence-corrected chi connectivity index (χ4v) is 4.94. The van der Waals surface area contributed by atoms with Crippen molar-refractivity contribution in [1.29, 1.82) is 0 Å². The highest BCUT2D eigenvalue weighted by molar-refractivity contribution is 6.02. The molecule has 0 bridgehead atoms. The van der Waals surface area contributed by atoms with Crippen LogP contribution in [0.3, 0.4) is 0 Å². The fraction of sp³-hybridized carbons (Fsp3) is 0.296. The molecule has 30 heavy (non-hydrogen) atoms. The van der Waals surface area contributed by atoms with Gasteiger partial charge in [0.15, 0.2) is 0 Å². The van der Waals surface area contributed by atoms with E-state index in [1.54, 1.807) is 7.11 Å². The van der Waals surface area contributed by atoms with Gasteiger partial charge in [0.25, 0.3) is 0 Å². The highest BCUT2D eigenvalue weighted by atomic mass is 16.5. The lowest BCUT2D eigenvalue weighted by molar-refractivity contribution is 0.208. The highest BCUT2D eigenvalue weighted by Crippen LogP contribution is 2.44. The normalized spacial score (nSPS) is 19.2. The van der Waals surface area contributed by atoms with Gasteiger partial charge in [-0.3, -0.25) is 0 Å². The Kier molecular flexibility index (Phi) is 5.27. The first kappa shape index (κ1) is 18.9. The summed E-state index contributed by atoms with van der Waals surface area (Å²) >= 11 is 0. The van der Waals surface area contributed by atoms with Crippen LogP contribution in [0.15, 0.2) is 83.9 Å². The van der Waals surface area contributed by atoms with E-state index in [0.717, 1.165) is 17.3 Å². The molecule has 1 atom stereocenters. The van der Waals surface area contributed by atoms with Gasteiger partial charge < -0.3 is 9.64 Å². The van der Waals surface area contributed by atoms with E-state index in [2.05, 4.69) is 83.8 Å². The van der Waals surface area contributed by atoms with E-state index in [-0.39, 0.29) is 6.04 Å². The molecule has 3 heteroatoms. The molecule has 1 aliphatic heterocycles. The van der Waals surface area contributed by atoms with Crippen LogP contribution in [0, 0.1) is 0 Å². The average molecular weight is 397 g/mol. The van der Waals surface area contributed by atoms with Crippen LogP contribution in [0.5, 0.6) is 5.75 Å². The van der Waals surface area contributed by atoms with Crippen LogP contribution in [0.1, 0.15) is 54.8 Å². The van der Waals surface area contributed by atoms with Crippen LogP contribution in [-0.2, 0) is 0 Å². The largest absolute Gasteiger partial charge is 0.497 e. The molecule has 0 aromatic heterocycles. The quantitative estimate of drug-likeness (QED) is 0.502. The topological polar surface area (TPSA) is 24.8 Å². The molecule has 0 spiro atoms. The van der Waals surface area contributed by atoms with Gasteiger partial charge in [0.05, 0.1) is 18.8 Å². The lowest BCUT2D eigenvalue weighted by atomic mass is 9.87. The second-order valence-electron chi connectivity index (χ2n) is 8.24. The molecule has 152 valence electrons. The van der Waals surface area contributed by atoms with Gasteiger partial charge in [-0.25, -0.2) is 4.99 Å². The van der Waals surface area contributed by atoms with Crippen LogP contribution in [0.2, 0.25) is 0 Å². The maximum absolute atomic E-state index is 5.52. The lowest BCUT2D eigenvalue weighted by Gasteiger charge is -2.45. The van der Waals surface area contributed by atoms with Gasteiger partial charge in [0.2, 0.25) is 0 Å². The van der Waals surface area contributed by atoms with E-state index in [1.165, 1.54) is 48.8 Å². The molecule has 0 radical (unpaired) electrons. The fourth-order valence-electron chi connectivity index (χ4n) is 4.94. The predicted octanol–water partition coefficient (Wildman–Crippen LogP) is 6.51. The number of hydrogen-bond donors (Lipinski definition) is 0. The number of methoxy groups -OCH3 is 1. The number of hydrogen-bond acceptors (Lipinski definition) is 3. The molecule has 3 nitrogen and oxygen atoms in total. The molecular formula is C27H28N2O. The average Bonchev–Trinajstić information content (AvgIpc) is 2.84. The summed E-state index contributed by atoms with van der Waals surface area (Å²) in [5, 5.41) is 0. The molecule has 1 fully saturated rings. The van der Waals surface area contributed by atoms with Crippen LogP contribution < -0.4 is 4.74 Å². The van der Waals surface area contributed by atoms with Crippen molar-refractivity contribution in [2.24, 2.45) is 4.99 Å². The molecule has 1 unspecified atom stereocenters. The van der Waals surface area contributed by atoms with Crippen molar-refractivity contribution in [3.05, 3.63) is 95.6 Å². The molecular weight excluding hydrogens is 368 g/mol. The van der Waals surface area contributed by atoms with Gasteiger partial charge in [-0.2, -0.15) is 0 Å². The van der Waals surface area contributed by atoms with Gasteiger partial charge in [0, 0.05) is 23.2 Å². The van der Waals surface area contributed by atoms with Crippen molar-refractivity contribution in [2.45, 2.75) is 44.2 Å². The summed E-state index contributed by atoms with van der Waals surface area (Å²) in [6, 6.07) is 28.5. The van der Waals surface area contributed by atoms with E-state index < -0.39 is 0 Å². The molecule has 2 aliphatic rings. The van der Waals surface area contributed by atoms with E-state index in [0.29, 0.717) is 6.04 Å². The minimum Gasteiger partial charge on any atom is -0.497 e. The minimum absolute atomic E-state index is 0.155. The van der Waals surface area contributed by atoms with Gasteiger partial charge >= 0.3 is 0 Å². The zero-order valence-corrected chi connectivity index (χ0v) is 17.5. The van der Waals surface area contributed by atoms with Crippen molar-refractivity contribution in [3.63, 3.8) is 0 Å². The summed E-state index contributed by atoms with van der Waals surface area (Å²) in [6.07, 6.45) is 6.37. The Balaban J connectivity index is 1.73. The third-order valence-corrected chi connectivity index (χ3v) is 6.40. The first-order chi connectivity index (χ1) is 14.8. The van der Waals surface area contributed by atoms with Crippen molar-refractivity contribution < 1.29 is 4.74 Å². The standard InChI is InChI=1S/C27H28N2O/c1-30-23-17-18-24-25(19-23)28-27(21-13-7-3-8-14-21)29(22-15-9-4-10-16-22)26(24)20-11-5-2-6-12-20/h2-3,5-8,11-14,17-19,22,26H,4,9-10,15-16H2,1H3. The first-order valence-corrected chi connectivity index (χ1v) is 11.0. The Morgan fingerprint density at radius 3 is 2.23 bits per heavy atom. The number of amidine groups is 1. The molecule has 1 saturated carbocycles. The number of ether oxygens (including phenoxy) is 1. The Morgan fingerprint density at radius 2 is 1.53 bits per heavy atom. The van der Waals surface area contributed by atoms with Gasteiger partial charge in [-0.1, -0.05) is 86.0 Å². The lowest BCUT2D eigenvalue weighted by Crippen LogP contribution is -2.46. The molecule has 5 rings (SSSR count). The highest BCUT2D eigenvalue weighted by Gasteiger charge is 2.37. The maximum Gasteiger partial charge on any atom is 0.137 e. The SMILES string of the molecule is COc1ccc2c(c1)N=C(c1ccccc1)N(C1CCCCC1)C2c1ccccc1. The van der Waals surface area contributed by atoms with Gasteiger partial charge in [-0.05, 0) is 24.5 Å². The maximum atomic E-state index is 5.52. The second-order valence-corrected chi connectivity index (χ2v) is 8.24. The smallest absolute Gasteiger partial charge is 0.137 e. The summed E-state index contributed by atoms with van der Waals surface area (Å²) < 4.78 is 5.52. The van der Waals surface area contributed by atoms with E-state index >= 15 is 0 Å². The molecule has 3 aromatic carbocycles. The number of fused-ring (bicyclic) bond motifs is 1. The molecule has 1 heterocycles. The molecule has 0 N–H and O–H groups in total.